The first kappa shape index (κ1) is 13.0. The molecule has 0 fully saturated rings. The zero-order chi connectivity index (χ0) is 12.1. The van der Waals surface area contributed by atoms with Gasteiger partial charge in [0.05, 0.1) is 6.54 Å². The van der Waals surface area contributed by atoms with Crippen molar-refractivity contribution in [2.75, 3.05) is 6.54 Å². The van der Waals surface area contributed by atoms with Crippen LogP contribution in [-0.4, -0.2) is 22.7 Å². The summed E-state index contributed by atoms with van der Waals surface area (Å²) in [5.74, 6) is -0.735. The van der Waals surface area contributed by atoms with Crippen LogP contribution in [0.5, 0.6) is 5.75 Å². The van der Waals surface area contributed by atoms with Gasteiger partial charge < -0.3 is 10.2 Å². The van der Waals surface area contributed by atoms with E-state index >= 15 is 0 Å². The van der Waals surface area contributed by atoms with Gasteiger partial charge in [0.15, 0.2) is 0 Å². The summed E-state index contributed by atoms with van der Waals surface area (Å²) in [4.78, 5) is 10.5. The molecule has 0 aliphatic carbocycles. The third-order valence-corrected chi connectivity index (χ3v) is 2.77. The molecule has 0 aliphatic rings. The lowest BCUT2D eigenvalue weighted by molar-refractivity contribution is -0.136. The van der Waals surface area contributed by atoms with Crippen molar-refractivity contribution < 1.29 is 15.0 Å². The highest BCUT2D eigenvalue weighted by Gasteiger charge is 2.14. The smallest absolute Gasteiger partial charge is 0.317 e. The summed E-state index contributed by atoms with van der Waals surface area (Å²) >= 11 is 3.32. The number of hydrogen-bond acceptors (Lipinski definition) is 3. The van der Waals surface area contributed by atoms with Gasteiger partial charge >= 0.3 is 5.97 Å². The fourth-order valence-electron chi connectivity index (χ4n) is 1.49. The summed E-state index contributed by atoms with van der Waals surface area (Å²) < 4.78 is 0.857. The lowest BCUT2D eigenvalue weighted by Crippen LogP contribution is -2.27. The molecule has 0 saturated carbocycles. The van der Waals surface area contributed by atoms with E-state index in [0.717, 1.165) is 4.47 Å². The Labute approximate surface area is 102 Å². The first-order valence-electron chi connectivity index (χ1n) is 4.98. The molecule has 0 saturated heterocycles. The molecular weight excluding hydrogens is 274 g/mol. The van der Waals surface area contributed by atoms with Crippen molar-refractivity contribution in [1.82, 2.24) is 5.32 Å². The topological polar surface area (TPSA) is 69.6 Å². The second kappa shape index (κ2) is 5.86. The van der Waals surface area contributed by atoms with Crippen LogP contribution in [0.15, 0.2) is 22.7 Å². The molecule has 0 heterocycles. The summed E-state index contributed by atoms with van der Waals surface area (Å²) in [5, 5.41) is 21.2. The summed E-state index contributed by atoms with van der Waals surface area (Å²) in [7, 11) is 0. The minimum atomic E-state index is -0.909. The van der Waals surface area contributed by atoms with Crippen molar-refractivity contribution in [3.8, 4) is 5.75 Å². The Hall–Kier alpha value is -1.07. The van der Waals surface area contributed by atoms with E-state index in [1.807, 2.05) is 6.92 Å². The third-order valence-electron chi connectivity index (χ3n) is 2.27. The molecule has 16 heavy (non-hydrogen) atoms. The first-order valence-corrected chi connectivity index (χ1v) is 5.77. The maximum atomic E-state index is 10.5. The van der Waals surface area contributed by atoms with Gasteiger partial charge in [-0.15, -0.1) is 0 Å². The van der Waals surface area contributed by atoms with Gasteiger partial charge in [-0.2, -0.15) is 0 Å². The number of nitrogens with one attached hydrogen (secondary N) is 1. The molecular formula is C11H14BrNO3. The van der Waals surface area contributed by atoms with Crippen molar-refractivity contribution in [2.45, 2.75) is 19.4 Å². The molecule has 1 unspecified atom stereocenters. The van der Waals surface area contributed by atoms with Crippen molar-refractivity contribution in [3.05, 3.63) is 28.2 Å². The van der Waals surface area contributed by atoms with E-state index in [1.54, 1.807) is 18.2 Å². The lowest BCUT2D eigenvalue weighted by atomic mass is 10.0. The molecule has 88 valence electrons. The zero-order valence-electron chi connectivity index (χ0n) is 8.90. The van der Waals surface area contributed by atoms with Gasteiger partial charge in [0, 0.05) is 16.1 Å². The number of carboxylic acid groups (broad SMARTS) is 1. The molecule has 1 atom stereocenters. The Bertz CT molecular complexity index is 381. The minimum absolute atomic E-state index is 0.121. The summed E-state index contributed by atoms with van der Waals surface area (Å²) in [5.41, 5.74) is 0.707. The number of aliphatic carboxylic acids is 1. The number of phenolic OH excluding ortho intramolecular Hbond substituents is 1. The fourth-order valence-corrected chi connectivity index (χ4v) is 1.87. The predicted molar refractivity (Wildman–Crippen MR) is 64.5 cm³/mol. The molecule has 0 amide bonds. The molecule has 3 N–H and O–H groups in total. The average molecular weight is 288 g/mol. The Morgan fingerprint density at radius 1 is 1.56 bits per heavy atom. The number of rotatable bonds is 5. The fraction of sp³-hybridized carbons (Fsp3) is 0.364. The molecule has 0 spiro atoms. The highest BCUT2D eigenvalue weighted by Crippen LogP contribution is 2.29. The van der Waals surface area contributed by atoms with E-state index < -0.39 is 5.97 Å². The SMILES string of the molecule is CCC(NCC(=O)O)c1cc(Br)ccc1O. The van der Waals surface area contributed by atoms with Crippen molar-refractivity contribution in [2.24, 2.45) is 0 Å². The van der Waals surface area contributed by atoms with Crippen LogP contribution < -0.4 is 5.32 Å². The second-order valence-corrected chi connectivity index (χ2v) is 4.35. The number of aromatic hydroxyl groups is 1. The zero-order valence-corrected chi connectivity index (χ0v) is 10.5. The standard InChI is InChI=1S/C11H14BrNO3/c1-2-9(13-6-11(15)16)8-5-7(12)3-4-10(8)14/h3-5,9,13-14H,2,6H2,1H3,(H,15,16). The minimum Gasteiger partial charge on any atom is -0.508 e. The Morgan fingerprint density at radius 2 is 2.25 bits per heavy atom. The maximum Gasteiger partial charge on any atom is 0.317 e. The van der Waals surface area contributed by atoms with E-state index in [4.69, 9.17) is 5.11 Å². The van der Waals surface area contributed by atoms with Crippen molar-refractivity contribution in [1.29, 1.82) is 0 Å². The quantitative estimate of drug-likeness (QED) is 0.777. The Kier molecular flexibility index (Phi) is 4.76. The van der Waals surface area contributed by atoms with Gasteiger partial charge in [0.1, 0.15) is 5.75 Å². The lowest BCUT2D eigenvalue weighted by Gasteiger charge is -2.17. The van der Waals surface area contributed by atoms with Crippen LogP contribution in [0.2, 0.25) is 0 Å². The molecule has 4 nitrogen and oxygen atoms in total. The molecule has 1 aromatic carbocycles. The van der Waals surface area contributed by atoms with Gasteiger partial charge in [-0.05, 0) is 24.6 Å². The molecule has 0 radical (unpaired) electrons. The van der Waals surface area contributed by atoms with Gasteiger partial charge in [-0.25, -0.2) is 0 Å². The number of halogens is 1. The van der Waals surface area contributed by atoms with E-state index in [2.05, 4.69) is 21.2 Å². The Balaban J connectivity index is 2.85. The molecule has 5 heteroatoms. The van der Waals surface area contributed by atoms with E-state index in [9.17, 15) is 9.90 Å². The average Bonchev–Trinajstić information content (AvgIpc) is 2.23. The predicted octanol–water partition coefficient (Wildman–Crippen LogP) is 2.28. The summed E-state index contributed by atoms with van der Waals surface area (Å²) in [6, 6.07) is 4.96. The summed E-state index contributed by atoms with van der Waals surface area (Å²) in [6.07, 6.45) is 0.706. The number of benzene rings is 1. The van der Waals surface area contributed by atoms with Gasteiger partial charge in [-0.3, -0.25) is 10.1 Å². The monoisotopic (exact) mass is 287 g/mol. The van der Waals surface area contributed by atoms with Gasteiger partial charge in [-0.1, -0.05) is 22.9 Å². The van der Waals surface area contributed by atoms with Crippen molar-refractivity contribution in [3.63, 3.8) is 0 Å². The van der Waals surface area contributed by atoms with Gasteiger partial charge in [0.2, 0.25) is 0 Å². The van der Waals surface area contributed by atoms with Crippen LogP contribution in [0.25, 0.3) is 0 Å². The normalized spacial score (nSPS) is 12.4. The van der Waals surface area contributed by atoms with E-state index in [0.29, 0.717) is 12.0 Å². The van der Waals surface area contributed by atoms with Crippen LogP contribution in [-0.2, 0) is 4.79 Å². The van der Waals surface area contributed by atoms with Crippen LogP contribution >= 0.6 is 15.9 Å². The largest absolute Gasteiger partial charge is 0.508 e. The van der Waals surface area contributed by atoms with E-state index in [-0.39, 0.29) is 18.3 Å². The van der Waals surface area contributed by atoms with Crippen LogP contribution in [0.1, 0.15) is 24.9 Å². The molecule has 1 rings (SSSR count). The number of carboxylic acids is 1. The van der Waals surface area contributed by atoms with E-state index in [1.165, 1.54) is 0 Å². The first-order chi connectivity index (χ1) is 7.54. The molecule has 0 aromatic heterocycles. The third kappa shape index (κ3) is 3.50. The van der Waals surface area contributed by atoms with Crippen molar-refractivity contribution >= 4 is 21.9 Å². The van der Waals surface area contributed by atoms with Gasteiger partial charge in [0.25, 0.3) is 0 Å². The van der Waals surface area contributed by atoms with Crippen LogP contribution in [0, 0.1) is 0 Å². The molecule has 1 aromatic rings. The van der Waals surface area contributed by atoms with Crippen LogP contribution in [0.3, 0.4) is 0 Å². The maximum absolute atomic E-state index is 10.5. The molecule has 0 bridgehead atoms. The summed E-state index contributed by atoms with van der Waals surface area (Å²) in [6.45, 7) is 1.81. The highest BCUT2D eigenvalue weighted by atomic mass is 79.9. The Morgan fingerprint density at radius 3 is 2.81 bits per heavy atom. The van der Waals surface area contributed by atoms with Crippen LogP contribution in [0.4, 0.5) is 0 Å². The number of hydrogen-bond donors (Lipinski definition) is 3. The molecule has 0 aliphatic heterocycles. The number of carbonyl (C=O) groups is 1. The highest BCUT2D eigenvalue weighted by molar-refractivity contribution is 9.10. The second-order valence-electron chi connectivity index (χ2n) is 3.44. The number of phenols is 1.